The highest BCUT2D eigenvalue weighted by molar-refractivity contribution is 7.98. The first-order chi connectivity index (χ1) is 10.2. The maximum atomic E-state index is 11.6. The van der Waals surface area contributed by atoms with Gasteiger partial charge in [0.2, 0.25) is 5.91 Å². The number of halogens is 1. The Kier molecular flexibility index (Phi) is 8.31. The molecule has 0 saturated carbocycles. The number of nitrogens with one attached hydrogen (secondary N) is 1. The Morgan fingerprint density at radius 2 is 1.95 bits per heavy atom. The van der Waals surface area contributed by atoms with Crippen molar-refractivity contribution in [2.24, 2.45) is 11.7 Å². The molecule has 22 heavy (non-hydrogen) atoms. The minimum absolute atomic E-state index is 0. The SMILES string of the molecule is CC(CN)C(=O)NCCSCc1cccc2ccccc12.Cl. The Hall–Kier alpha value is -1.23. The fourth-order valence-corrected chi connectivity index (χ4v) is 2.99. The quantitative estimate of drug-likeness (QED) is 0.762. The van der Waals surface area contributed by atoms with Gasteiger partial charge in [-0.1, -0.05) is 49.4 Å². The summed E-state index contributed by atoms with van der Waals surface area (Å²) >= 11 is 1.84. The van der Waals surface area contributed by atoms with E-state index in [9.17, 15) is 4.79 Å². The summed E-state index contributed by atoms with van der Waals surface area (Å²) in [6, 6.07) is 14.8. The third kappa shape index (κ3) is 5.20. The smallest absolute Gasteiger partial charge is 0.224 e. The molecule has 0 aliphatic rings. The van der Waals surface area contributed by atoms with E-state index in [4.69, 9.17) is 5.73 Å². The number of hydrogen-bond donors (Lipinski definition) is 2. The number of fused-ring (bicyclic) bond motifs is 1. The van der Waals surface area contributed by atoms with Crippen LogP contribution in [-0.2, 0) is 10.5 Å². The van der Waals surface area contributed by atoms with Crippen molar-refractivity contribution >= 4 is 40.8 Å². The number of benzene rings is 2. The molecule has 120 valence electrons. The standard InChI is InChI=1S/C17H22N2OS.ClH/c1-13(11-18)17(20)19-9-10-21-12-15-7-4-6-14-5-2-3-8-16(14)15;/h2-8,13H,9-12,18H2,1H3,(H,19,20);1H. The molecule has 2 aromatic rings. The molecule has 0 aromatic heterocycles. The molecule has 0 spiro atoms. The largest absolute Gasteiger partial charge is 0.355 e. The van der Waals surface area contributed by atoms with E-state index >= 15 is 0 Å². The van der Waals surface area contributed by atoms with Crippen molar-refractivity contribution in [3.63, 3.8) is 0 Å². The lowest BCUT2D eigenvalue weighted by Crippen LogP contribution is -2.34. The van der Waals surface area contributed by atoms with E-state index < -0.39 is 0 Å². The molecule has 2 rings (SSSR count). The number of hydrogen-bond acceptors (Lipinski definition) is 3. The molecule has 0 radical (unpaired) electrons. The molecule has 0 saturated heterocycles. The molecular formula is C17H23ClN2OS. The summed E-state index contributed by atoms with van der Waals surface area (Å²) in [6.07, 6.45) is 0. The second-order valence-corrected chi connectivity index (χ2v) is 6.22. The average molecular weight is 339 g/mol. The van der Waals surface area contributed by atoms with Crippen LogP contribution in [0.2, 0.25) is 0 Å². The van der Waals surface area contributed by atoms with Crippen molar-refractivity contribution in [1.29, 1.82) is 0 Å². The second-order valence-electron chi connectivity index (χ2n) is 5.12. The van der Waals surface area contributed by atoms with Gasteiger partial charge in [-0.15, -0.1) is 12.4 Å². The molecule has 0 fully saturated rings. The van der Waals surface area contributed by atoms with Crippen LogP contribution in [0.4, 0.5) is 0 Å². The summed E-state index contributed by atoms with van der Waals surface area (Å²) < 4.78 is 0. The molecule has 0 aliphatic heterocycles. The molecule has 0 bridgehead atoms. The van der Waals surface area contributed by atoms with Crippen LogP contribution in [-0.4, -0.2) is 24.7 Å². The van der Waals surface area contributed by atoms with Gasteiger partial charge in [0, 0.05) is 30.5 Å². The van der Waals surface area contributed by atoms with Crippen LogP contribution in [0.3, 0.4) is 0 Å². The molecule has 5 heteroatoms. The first kappa shape index (κ1) is 18.8. The molecule has 0 heterocycles. The highest BCUT2D eigenvalue weighted by atomic mass is 35.5. The van der Waals surface area contributed by atoms with Crippen LogP contribution in [0, 0.1) is 5.92 Å². The van der Waals surface area contributed by atoms with E-state index in [0.717, 1.165) is 11.5 Å². The zero-order valence-electron chi connectivity index (χ0n) is 12.7. The van der Waals surface area contributed by atoms with E-state index in [1.54, 1.807) is 0 Å². The van der Waals surface area contributed by atoms with E-state index in [1.165, 1.54) is 16.3 Å². The van der Waals surface area contributed by atoms with Crippen LogP contribution >= 0.6 is 24.2 Å². The summed E-state index contributed by atoms with van der Waals surface area (Å²) in [7, 11) is 0. The second kappa shape index (κ2) is 9.72. The van der Waals surface area contributed by atoms with Gasteiger partial charge in [-0.3, -0.25) is 4.79 Å². The van der Waals surface area contributed by atoms with Gasteiger partial charge in [-0.05, 0) is 16.3 Å². The molecular weight excluding hydrogens is 316 g/mol. The Morgan fingerprint density at radius 3 is 2.73 bits per heavy atom. The molecule has 2 aromatic carbocycles. The van der Waals surface area contributed by atoms with Gasteiger partial charge >= 0.3 is 0 Å². The minimum Gasteiger partial charge on any atom is -0.355 e. The maximum Gasteiger partial charge on any atom is 0.224 e. The number of carbonyl (C=O) groups is 1. The number of thioether (sulfide) groups is 1. The van der Waals surface area contributed by atoms with Crippen molar-refractivity contribution in [1.82, 2.24) is 5.32 Å². The van der Waals surface area contributed by atoms with Crippen LogP contribution < -0.4 is 11.1 Å². The van der Waals surface area contributed by atoms with Gasteiger partial charge < -0.3 is 11.1 Å². The Labute approximate surface area is 142 Å². The zero-order valence-corrected chi connectivity index (χ0v) is 14.4. The van der Waals surface area contributed by atoms with Gasteiger partial charge in [-0.25, -0.2) is 0 Å². The van der Waals surface area contributed by atoms with Gasteiger partial charge in [0.05, 0.1) is 0 Å². The molecule has 1 unspecified atom stereocenters. The summed E-state index contributed by atoms with van der Waals surface area (Å²) in [5, 5.41) is 5.51. The summed E-state index contributed by atoms with van der Waals surface area (Å²) in [5.41, 5.74) is 6.81. The summed E-state index contributed by atoms with van der Waals surface area (Å²) in [6.45, 7) is 2.94. The van der Waals surface area contributed by atoms with E-state index in [1.807, 2.05) is 18.7 Å². The minimum atomic E-state index is -0.104. The maximum absolute atomic E-state index is 11.6. The highest BCUT2D eigenvalue weighted by Crippen LogP contribution is 2.22. The van der Waals surface area contributed by atoms with Crippen molar-refractivity contribution in [2.75, 3.05) is 18.8 Å². The van der Waals surface area contributed by atoms with Crippen molar-refractivity contribution in [2.45, 2.75) is 12.7 Å². The number of rotatable bonds is 7. The van der Waals surface area contributed by atoms with E-state index in [2.05, 4.69) is 47.8 Å². The molecule has 1 atom stereocenters. The molecule has 0 aliphatic carbocycles. The highest BCUT2D eigenvalue weighted by Gasteiger charge is 2.09. The lowest BCUT2D eigenvalue weighted by molar-refractivity contribution is -0.124. The summed E-state index contributed by atoms with van der Waals surface area (Å²) in [4.78, 5) is 11.6. The van der Waals surface area contributed by atoms with Crippen LogP contribution in [0.15, 0.2) is 42.5 Å². The third-order valence-corrected chi connectivity index (χ3v) is 4.49. The van der Waals surface area contributed by atoms with Crippen molar-refractivity contribution < 1.29 is 4.79 Å². The fraction of sp³-hybridized carbons (Fsp3) is 0.353. The zero-order chi connectivity index (χ0) is 15.1. The van der Waals surface area contributed by atoms with Crippen LogP contribution in [0.5, 0.6) is 0 Å². The monoisotopic (exact) mass is 338 g/mol. The van der Waals surface area contributed by atoms with Gasteiger partial charge in [0.25, 0.3) is 0 Å². The van der Waals surface area contributed by atoms with Crippen molar-refractivity contribution in [3.8, 4) is 0 Å². The van der Waals surface area contributed by atoms with E-state index in [0.29, 0.717) is 13.1 Å². The molecule has 3 nitrogen and oxygen atoms in total. The van der Waals surface area contributed by atoms with E-state index in [-0.39, 0.29) is 24.2 Å². The Bertz CT molecular complexity index is 601. The Balaban J connectivity index is 0.00000242. The topological polar surface area (TPSA) is 55.1 Å². The lowest BCUT2D eigenvalue weighted by Gasteiger charge is -2.10. The van der Waals surface area contributed by atoms with Crippen molar-refractivity contribution in [3.05, 3.63) is 48.0 Å². The number of carbonyl (C=O) groups excluding carboxylic acids is 1. The third-order valence-electron chi connectivity index (χ3n) is 3.48. The summed E-state index contributed by atoms with van der Waals surface area (Å²) in [5.74, 6) is 1.81. The van der Waals surface area contributed by atoms with Gasteiger partial charge in [-0.2, -0.15) is 11.8 Å². The predicted molar refractivity (Wildman–Crippen MR) is 98.6 cm³/mol. The van der Waals surface area contributed by atoms with Gasteiger partial charge in [0.1, 0.15) is 0 Å². The van der Waals surface area contributed by atoms with Crippen LogP contribution in [0.1, 0.15) is 12.5 Å². The molecule has 1 amide bonds. The van der Waals surface area contributed by atoms with Crippen LogP contribution in [0.25, 0.3) is 10.8 Å². The van der Waals surface area contributed by atoms with Gasteiger partial charge in [0.15, 0.2) is 0 Å². The first-order valence-electron chi connectivity index (χ1n) is 7.24. The predicted octanol–water partition coefficient (Wildman–Crippen LogP) is 3.21. The normalized spacial score (nSPS) is 11.7. The average Bonchev–Trinajstić information content (AvgIpc) is 2.53. The number of nitrogens with two attached hydrogens (primary N) is 1. The fourth-order valence-electron chi connectivity index (χ4n) is 2.13. The molecule has 3 N–H and O–H groups in total. The Morgan fingerprint density at radius 1 is 1.23 bits per heavy atom. The lowest BCUT2D eigenvalue weighted by atomic mass is 10.1. The number of amides is 1. The first-order valence-corrected chi connectivity index (χ1v) is 8.40.